The molecule has 0 saturated heterocycles. The molecule has 0 N–H and O–H groups in total. The normalized spacial score (nSPS) is 16.1. The minimum absolute atomic E-state index is 0.218. The predicted molar refractivity (Wildman–Crippen MR) is 70.2 cm³/mol. The molecule has 0 radical (unpaired) electrons. The van der Waals surface area contributed by atoms with Gasteiger partial charge >= 0.3 is 6.03 Å². The van der Waals surface area contributed by atoms with Crippen LogP contribution in [0.5, 0.6) is 0 Å². The molecule has 1 heterocycles. The molecule has 0 saturated carbocycles. The monoisotopic (exact) mass is 245 g/mol. The highest BCUT2D eigenvalue weighted by molar-refractivity contribution is 6.55. The summed E-state index contributed by atoms with van der Waals surface area (Å²) in [6, 6.07) is 5.24. The van der Waals surface area contributed by atoms with E-state index >= 15 is 0 Å². The molecule has 3 amide bonds. The van der Waals surface area contributed by atoms with E-state index in [9.17, 15) is 9.59 Å². The number of amides is 3. The van der Waals surface area contributed by atoms with Crippen LogP contribution in [0.25, 0.3) is 0 Å². The second-order valence-electron chi connectivity index (χ2n) is 4.52. The number of hydrogen-bond acceptors (Lipinski definition) is 2. The molecular formula is C13H15N3O2. The minimum atomic E-state index is -0.430. The van der Waals surface area contributed by atoms with Gasteiger partial charge in [-0.3, -0.25) is 4.79 Å². The highest BCUT2D eigenvalue weighted by Crippen LogP contribution is 2.28. The van der Waals surface area contributed by atoms with E-state index in [1.807, 2.05) is 25.1 Å². The van der Waals surface area contributed by atoms with Crippen molar-refractivity contribution in [3.8, 4) is 0 Å². The number of rotatable bonds is 0. The summed E-state index contributed by atoms with van der Waals surface area (Å²) in [6.45, 7) is 1.94. The molecule has 1 aliphatic rings. The molecule has 1 aromatic carbocycles. The molecule has 0 aliphatic carbocycles. The molecule has 5 heteroatoms. The summed E-state index contributed by atoms with van der Waals surface area (Å²) in [5, 5.41) is 0. The molecule has 0 unspecified atom stereocenters. The molecule has 0 fully saturated rings. The fourth-order valence-electron chi connectivity index (χ4n) is 1.82. The van der Waals surface area contributed by atoms with Gasteiger partial charge in [-0.1, -0.05) is 11.6 Å². The van der Waals surface area contributed by atoms with Crippen LogP contribution in [0.1, 0.15) is 11.1 Å². The molecule has 18 heavy (non-hydrogen) atoms. The number of anilines is 1. The molecule has 2 rings (SSSR count). The van der Waals surface area contributed by atoms with Gasteiger partial charge in [0.05, 0.1) is 5.69 Å². The van der Waals surface area contributed by atoms with Crippen molar-refractivity contribution in [1.82, 2.24) is 4.90 Å². The SMILES string of the molecule is Cc1ccc2c(c1)/C(=N/C(=O)N(C)C)C(=O)N2C. The van der Waals surface area contributed by atoms with Crippen molar-refractivity contribution in [2.24, 2.45) is 4.99 Å². The zero-order valence-electron chi connectivity index (χ0n) is 10.9. The molecule has 0 atom stereocenters. The maximum Gasteiger partial charge on any atom is 0.343 e. The molecule has 0 aromatic heterocycles. The number of hydrogen-bond donors (Lipinski definition) is 0. The lowest BCUT2D eigenvalue weighted by molar-refractivity contribution is -0.111. The number of nitrogens with zero attached hydrogens (tertiary/aromatic N) is 3. The van der Waals surface area contributed by atoms with Crippen LogP contribution in [0.4, 0.5) is 10.5 Å². The molecule has 5 nitrogen and oxygen atoms in total. The summed E-state index contributed by atoms with van der Waals surface area (Å²) < 4.78 is 0. The highest BCUT2D eigenvalue weighted by atomic mass is 16.2. The Morgan fingerprint density at radius 2 is 2.00 bits per heavy atom. The molecular weight excluding hydrogens is 230 g/mol. The van der Waals surface area contributed by atoms with Crippen molar-refractivity contribution < 1.29 is 9.59 Å². The summed E-state index contributed by atoms with van der Waals surface area (Å²) in [7, 11) is 4.89. The standard InChI is InChI=1S/C13H15N3O2/c1-8-5-6-10-9(7-8)11(12(17)16(10)4)14-13(18)15(2)3/h5-7H,1-4H3/b14-11-. The number of carbonyl (C=O) groups is 2. The number of benzene rings is 1. The van der Waals surface area contributed by atoms with E-state index in [1.54, 1.807) is 21.1 Å². The molecule has 1 aromatic rings. The third-order valence-electron chi connectivity index (χ3n) is 2.87. The second kappa shape index (κ2) is 4.25. The maximum absolute atomic E-state index is 12.1. The van der Waals surface area contributed by atoms with Crippen molar-refractivity contribution in [3.63, 3.8) is 0 Å². The lowest BCUT2D eigenvalue weighted by atomic mass is 10.1. The molecule has 94 valence electrons. The van der Waals surface area contributed by atoms with Gasteiger partial charge in [0.1, 0.15) is 5.71 Å². The zero-order valence-corrected chi connectivity index (χ0v) is 10.9. The van der Waals surface area contributed by atoms with Crippen LogP contribution in [0.15, 0.2) is 23.2 Å². The van der Waals surface area contributed by atoms with Gasteiger partial charge in [0, 0.05) is 26.7 Å². The van der Waals surface area contributed by atoms with Gasteiger partial charge in [0.25, 0.3) is 5.91 Å². The van der Waals surface area contributed by atoms with Crippen molar-refractivity contribution in [2.45, 2.75) is 6.92 Å². The summed E-state index contributed by atoms with van der Waals surface area (Å²) in [6.07, 6.45) is 0. The van der Waals surface area contributed by atoms with E-state index in [4.69, 9.17) is 0 Å². The fourth-order valence-corrected chi connectivity index (χ4v) is 1.82. The first kappa shape index (κ1) is 12.3. The molecule has 0 bridgehead atoms. The van der Waals surface area contributed by atoms with Gasteiger partial charge in [-0.15, -0.1) is 0 Å². The first-order chi connectivity index (χ1) is 8.41. The Morgan fingerprint density at radius 1 is 1.33 bits per heavy atom. The smallest absolute Gasteiger partial charge is 0.329 e. The van der Waals surface area contributed by atoms with Gasteiger partial charge in [0.2, 0.25) is 0 Å². The van der Waals surface area contributed by atoms with Crippen LogP contribution in [0.2, 0.25) is 0 Å². The number of aliphatic imine (C=N–C) groups is 1. The van der Waals surface area contributed by atoms with Gasteiger partial charge in [-0.05, 0) is 19.1 Å². The van der Waals surface area contributed by atoms with E-state index in [2.05, 4.69) is 4.99 Å². The number of carbonyl (C=O) groups excluding carboxylic acids is 2. The number of urea groups is 1. The number of likely N-dealkylation sites (N-methyl/N-ethyl adjacent to an activating group) is 1. The van der Waals surface area contributed by atoms with E-state index in [-0.39, 0.29) is 11.6 Å². The lowest BCUT2D eigenvalue weighted by Crippen LogP contribution is -2.28. The Balaban J connectivity index is 2.55. The van der Waals surface area contributed by atoms with Crippen molar-refractivity contribution in [3.05, 3.63) is 29.3 Å². The third-order valence-corrected chi connectivity index (χ3v) is 2.87. The Hall–Kier alpha value is -2.17. The predicted octanol–water partition coefficient (Wildman–Crippen LogP) is 1.44. The first-order valence-corrected chi connectivity index (χ1v) is 5.61. The van der Waals surface area contributed by atoms with Crippen molar-refractivity contribution in [2.75, 3.05) is 26.0 Å². The Morgan fingerprint density at radius 3 is 2.61 bits per heavy atom. The highest BCUT2D eigenvalue weighted by Gasteiger charge is 2.32. The van der Waals surface area contributed by atoms with Crippen LogP contribution in [0.3, 0.4) is 0 Å². The Bertz CT molecular complexity index is 561. The van der Waals surface area contributed by atoms with Crippen LogP contribution in [-0.4, -0.2) is 43.7 Å². The largest absolute Gasteiger partial charge is 0.343 e. The lowest BCUT2D eigenvalue weighted by Gasteiger charge is -2.08. The Kier molecular flexibility index (Phi) is 2.90. The van der Waals surface area contributed by atoms with E-state index in [0.717, 1.165) is 16.8 Å². The average Bonchev–Trinajstić information content (AvgIpc) is 2.54. The average molecular weight is 245 g/mol. The maximum atomic E-state index is 12.1. The molecule has 0 spiro atoms. The quantitative estimate of drug-likeness (QED) is 0.694. The van der Waals surface area contributed by atoms with Crippen molar-refractivity contribution in [1.29, 1.82) is 0 Å². The fraction of sp³-hybridized carbons (Fsp3) is 0.308. The van der Waals surface area contributed by atoms with Crippen molar-refractivity contribution >= 4 is 23.3 Å². The van der Waals surface area contributed by atoms with Crippen LogP contribution >= 0.6 is 0 Å². The summed E-state index contributed by atoms with van der Waals surface area (Å²) in [5.41, 5.74) is 2.75. The van der Waals surface area contributed by atoms with Gasteiger partial charge in [-0.25, -0.2) is 4.79 Å². The van der Waals surface area contributed by atoms with Gasteiger partial charge in [0.15, 0.2) is 0 Å². The topological polar surface area (TPSA) is 53.0 Å². The van der Waals surface area contributed by atoms with E-state index in [0.29, 0.717) is 0 Å². The third kappa shape index (κ3) is 1.88. The van der Waals surface area contributed by atoms with Gasteiger partial charge < -0.3 is 9.80 Å². The van der Waals surface area contributed by atoms with Crippen LogP contribution in [0, 0.1) is 6.92 Å². The minimum Gasteiger partial charge on any atom is -0.329 e. The van der Waals surface area contributed by atoms with Crippen LogP contribution < -0.4 is 4.90 Å². The number of aryl methyl sites for hydroxylation is 1. The Labute approximate surface area is 106 Å². The second-order valence-corrected chi connectivity index (χ2v) is 4.52. The van der Waals surface area contributed by atoms with Crippen LogP contribution in [-0.2, 0) is 4.79 Å². The number of fused-ring (bicyclic) bond motifs is 1. The zero-order chi connectivity index (χ0) is 13.4. The van der Waals surface area contributed by atoms with E-state index in [1.165, 1.54) is 9.80 Å². The summed E-state index contributed by atoms with van der Waals surface area (Å²) in [4.78, 5) is 30.4. The molecule has 1 aliphatic heterocycles. The van der Waals surface area contributed by atoms with Gasteiger partial charge in [-0.2, -0.15) is 4.99 Å². The van der Waals surface area contributed by atoms with E-state index < -0.39 is 6.03 Å². The first-order valence-electron chi connectivity index (χ1n) is 5.61. The summed E-state index contributed by atoms with van der Waals surface area (Å²) in [5.74, 6) is -0.245. The summed E-state index contributed by atoms with van der Waals surface area (Å²) >= 11 is 0.